The lowest BCUT2D eigenvalue weighted by Crippen LogP contribution is -2.07. The maximum Gasteiger partial charge on any atom is 0.349 e. The molecule has 0 unspecified atom stereocenters. The van der Waals surface area contributed by atoms with Gasteiger partial charge in [0.05, 0.1) is 3.58 Å². The zero-order valence-corrected chi connectivity index (χ0v) is 12.9. The van der Waals surface area contributed by atoms with Gasteiger partial charge in [-0.3, -0.25) is 0 Å². The quantitative estimate of drug-likeness (QED) is 0.228. The summed E-state index contributed by atoms with van der Waals surface area (Å²) in [5.74, 6) is 0.327. The van der Waals surface area contributed by atoms with Crippen molar-refractivity contribution in [1.29, 1.82) is 0 Å². The van der Waals surface area contributed by atoms with E-state index < -0.39 is 0 Å². The molecule has 1 aromatic rings. The largest absolute Gasteiger partial charge is 0.423 e. The Hall–Kier alpha value is -0.840. The van der Waals surface area contributed by atoms with Gasteiger partial charge >= 0.3 is 5.97 Å². The standard InChI is InChI=1S/C15H19IO2/c1-2-3-4-5-9-12-14(16)15(17)18-13-10-7-6-8-11-13/h6-8,10-12H,2-5,9H2,1H3/b14-12-. The summed E-state index contributed by atoms with van der Waals surface area (Å²) in [4.78, 5) is 11.7. The molecule has 2 nitrogen and oxygen atoms in total. The zero-order valence-electron chi connectivity index (χ0n) is 10.7. The molecule has 3 heteroatoms. The highest BCUT2D eigenvalue weighted by Gasteiger charge is 2.07. The number of para-hydroxylation sites is 1. The first kappa shape index (κ1) is 15.2. The first-order valence-corrected chi connectivity index (χ1v) is 7.44. The first-order chi connectivity index (χ1) is 8.74. The van der Waals surface area contributed by atoms with E-state index in [1.807, 2.05) is 46.9 Å². The highest BCUT2D eigenvalue weighted by molar-refractivity contribution is 14.1. The van der Waals surface area contributed by atoms with Crippen LogP contribution in [0.1, 0.15) is 39.0 Å². The Kier molecular flexibility index (Phi) is 7.73. The second kappa shape index (κ2) is 9.14. The Morgan fingerprint density at radius 1 is 1.22 bits per heavy atom. The molecule has 0 fully saturated rings. The van der Waals surface area contributed by atoms with Gasteiger partial charge in [0.1, 0.15) is 5.75 Å². The summed E-state index contributed by atoms with van der Waals surface area (Å²) in [5.41, 5.74) is 0. The summed E-state index contributed by atoms with van der Waals surface area (Å²) in [6.45, 7) is 2.19. The van der Waals surface area contributed by atoms with Crippen molar-refractivity contribution in [3.8, 4) is 5.75 Å². The third-order valence-electron chi connectivity index (χ3n) is 2.53. The Labute approximate surface area is 123 Å². The van der Waals surface area contributed by atoms with Crippen molar-refractivity contribution in [3.63, 3.8) is 0 Å². The Morgan fingerprint density at radius 2 is 1.94 bits per heavy atom. The molecule has 0 amide bonds. The van der Waals surface area contributed by atoms with Crippen LogP contribution in [0, 0.1) is 0 Å². The van der Waals surface area contributed by atoms with Crippen molar-refractivity contribution < 1.29 is 9.53 Å². The van der Waals surface area contributed by atoms with E-state index in [0.29, 0.717) is 9.33 Å². The number of unbranched alkanes of at least 4 members (excludes halogenated alkanes) is 4. The Morgan fingerprint density at radius 3 is 2.61 bits per heavy atom. The fraction of sp³-hybridized carbons (Fsp3) is 0.400. The molecule has 0 saturated heterocycles. The maximum absolute atomic E-state index is 11.7. The number of halogens is 1. The molecule has 0 aliphatic heterocycles. The number of benzene rings is 1. The molecular weight excluding hydrogens is 339 g/mol. The van der Waals surface area contributed by atoms with Crippen LogP contribution in [0.15, 0.2) is 40.0 Å². The molecule has 0 heterocycles. The third-order valence-corrected chi connectivity index (χ3v) is 3.41. The van der Waals surface area contributed by atoms with Crippen LogP contribution >= 0.6 is 22.6 Å². The summed E-state index contributed by atoms with van der Waals surface area (Å²) < 4.78 is 5.90. The lowest BCUT2D eigenvalue weighted by atomic mass is 10.1. The van der Waals surface area contributed by atoms with Crippen molar-refractivity contribution in [3.05, 3.63) is 40.0 Å². The minimum Gasteiger partial charge on any atom is -0.423 e. The number of carbonyl (C=O) groups is 1. The Bertz CT molecular complexity index is 385. The maximum atomic E-state index is 11.7. The number of hydrogen-bond acceptors (Lipinski definition) is 2. The van der Waals surface area contributed by atoms with Gasteiger partial charge in [-0.05, 0) is 47.6 Å². The van der Waals surface area contributed by atoms with Crippen LogP contribution in [0.5, 0.6) is 5.75 Å². The second-order valence-electron chi connectivity index (χ2n) is 4.10. The van der Waals surface area contributed by atoms with Gasteiger partial charge in [0, 0.05) is 0 Å². The van der Waals surface area contributed by atoms with Crippen LogP contribution in [0.4, 0.5) is 0 Å². The van der Waals surface area contributed by atoms with Crippen molar-refractivity contribution in [2.45, 2.75) is 39.0 Å². The van der Waals surface area contributed by atoms with Gasteiger partial charge in [0.2, 0.25) is 0 Å². The minimum absolute atomic E-state index is 0.266. The number of carbonyl (C=O) groups excluding carboxylic acids is 1. The van der Waals surface area contributed by atoms with Crippen LogP contribution < -0.4 is 4.74 Å². The van der Waals surface area contributed by atoms with E-state index in [1.165, 1.54) is 19.3 Å². The van der Waals surface area contributed by atoms with Crippen molar-refractivity contribution in [1.82, 2.24) is 0 Å². The fourth-order valence-corrected chi connectivity index (χ4v) is 1.95. The molecule has 1 rings (SSSR count). The average molecular weight is 358 g/mol. The number of rotatable bonds is 7. The summed E-state index contributed by atoms with van der Waals surface area (Å²) in [6, 6.07) is 9.16. The normalized spacial score (nSPS) is 11.3. The smallest absolute Gasteiger partial charge is 0.349 e. The van der Waals surface area contributed by atoms with Gasteiger partial charge in [-0.2, -0.15) is 0 Å². The molecule has 0 bridgehead atoms. The molecule has 0 atom stereocenters. The lowest BCUT2D eigenvalue weighted by Gasteiger charge is -2.03. The highest BCUT2D eigenvalue weighted by atomic mass is 127. The fourth-order valence-electron chi connectivity index (χ4n) is 1.53. The molecule has 0 N–H and O–H groups in total. The van der Waals surface area contributed by atoms with Crippen LogP contribution in [0.2, 0.25) is 0 Å². The van der Waals surface area contributed by atoms with Crippen LogP contribution in [-0.2, 0) is 4.79 Å². The Balaban J connectivity index is 2.34. The molecule has 18 heavy (non-hydrogen) atoms. The number of hydrogen-bond donors (Lipinski definition) is 0. The van der Waals surface area contributed by atoms with Crippen LogP contribution in [0.25, 0.3) is 0 Å². The van der Waals surface area contributed by atoms with E-state index >= 15 is 0 Å². The van der Waals surface area contributed by atoms with E-state index in [0.717, 1.165) is 12.8 Å². The topological polar surface area (TPSA) is 26.3 Å². The predicted octanol–water partition coefficient (Wildman–Crippen LogP) is 4.88. The van der Waals surface area contributed by atoms with E-state index in [2.05, 4.69) is 6.92 Å². The molecule has 0 aromatic heterocycles. The summed E-state index contributed by atoms with van der Waals surface area (Å²) in [7, 11) is 0. The molecule has 0 saturated carbocycles. The molecule has 0 aliphatic rings. The molecule has 1 aromatic carbocycles. The monoisotopic (exact) mass is 358 g/mol. The summed E-state index contributed by atoms with van der Waals surface area (Å²) in [5, 5.41) is 0. The minimum atomic E-state index is -0.266. The predicted molar refractivity (Wildman–Crippen MR) is 82.9 cm³/mol. The SMILES string of the molecule is CCCCCC/C=C(\I)C(=O)Oc1ccccc1. The van der Waals surface area contributed by atoms with Gasteiger partial charge in [0.25, 0.3) is 0 Å². The number of ether oxygens (including phenoxy) is 1. The summed E-state index contributed by atoms with van der Waals surface area (Å²) in [6.07, 6.45) is 7.77. The average Bonchev–Trinajstić information content (AvgIpc) is 2.39. The molecule has 98 valence electrons. The van der Waals surface area contributed by atoms with Crippen LogP contribution in [0.3, 0.4) is 0 Å². The lowest BCUT2D eigenvalue weighted by molar-refractivity contribution is -0.129. The summed E-state index contributed by atoms with van der Waals surface area (Å²) >= 11 is 2.04. The number of allylic oxidation sites excluding steroid dienone is 1. The van der Waals surface area contributed by atoms with Crippen molar-refractivity contribution in [2.24, 2.45) is 0 Å². The first-order valence-electron chi connectivity index (χ1n) is 6.37. The van der Waals surface area contributed by atoms with Gasteiger partial charge in [-0.25, -0.2) is 4.79 Å². The molecule has 0 aliphatic carbocycles. The van der Waals surface area contributed by atoms with E-state index in [9.17, 15) is 4.79 Å². The zero-order chi connectivity index (χ0) is 13.2. The van der Waals surface area contributed by atoms with Crippen molar-refractivity contribution >= 4 is 28.6 Å². The highest BCUT2D eigenvalue weighted by Crippen LogP contribution is 2.16. The number of esters is 1. The third kappa shape index (κ3) is 6.19. The van der Waals surface area contributed by atoms with E-state index in [-0.39, 0.29) is 5.97 Å². The van der Waals surface area contributed by atoms with Crippen LogP contribution in [-0.4, -0.2) is 5.97 Å². The van der Waals surface area contributed by atoms with E-state index in [4.69, 9.17) is 4.74 Å². The van der Waals surface area contributed by atoms with Gasteiger partial charge in [-0.15, -0.1) is 0 Å². The molecule has 0 radical (unpaired) electrons. The second-order valence-corrected chi connectivity index (χ2v) is 5.27. The van der Waals surface area contributed by atoms with Crippen molar-refractivity contribution in [2.75, 3.05) is 0 Å². The molecular formula is C15H19IO2. The van der Waals surface area contributed by atoms with Gasteiger partial charge in [0.15, 0.2) is 0 Å². The van der Waals surface area contributed by atoms with Gasteiger partial charge < -0.3 is 4.74 Å². The molecule has 0 spiro atoms. The van der Waals surface area contributed by atoms with E-state index in [1.54, 1.807) is 12.1 Å². The van der Waals surface area contributed by atoms with Gasteiger partial charge in [-0.1, -0.05) is 50.5 Å².